The third-order valence-electron chi connectivity index (χ3n) is 2.42. The lowest BCUT2D eigenvalue weighted by molar-refractivity contribution is -0.384. The summed E-state index contributed by atoms with van der Waals surface area (Å²) in [6.07, 6.45) is 0. The van der Waals surface area contributed by atoms with E-state index in [1.54, 1.807) is 0 Å². The Kier molecular flexibility index (Phi) is 3.80. The van der Waals surface area contributed by atoms with E-state index < -0.39 is 32.5 Å². The summed E-state index contributed by atoms with van der Waals surface area (Å²) in [6.45, 7) is 0. The molecule has 0 fully saturated rings. The number of nitrogens with zero attached hydrogens (tertiary/aromatic N) is 2. The second-order valence-electron chi connectivity index (χ2n) is 3.83. The highest BCUT2D eigenvalue weighted by atomic mass is 32.2. The van der Waals surface area contributed by atoms with Gasteiger partial charge < -0.3 is 0 Å². The number of nitro groups is 1. The van der Waals surface area contributed by atoms with Crippen LogP contribution in [0, 0.1) is 22.0 Å². The van der Waals surface area contributed by atoms with Gasteiger partial charge in [0.05, 0.1) is 9.82 Å². The Morgan fingerprint density at radius 3 is 2.24 bits per heavy atom. The van der Waals surface area contributed by atoms with Crippen molar-refractivity contribution < 1.29 is 22.1 Å². The highest BCUT2D eigenvalue weighted by Crippen LogP contribution is 2.20. The summed E-state index contributed by atoms with van der Waals surface area (Å²) >= 11 is 0. The number of nitro benzene ring substituents is 1. The molecule has 10 heteroatoms. The highest BCUT2D eigenvalue weighted by Gasteiger charge is 2.18. The summed E-state index contributed by atoms with van der Waals surface area (Å²) in [6, 6.07) is 5.64. The van der Waals surface area contributed by atoms with Gasteiger partial charge in [-0.3, -0.25) is 14.8 Å². The Morgan fingerprint density at radius 1 is 1.10 bits per heavy atom. The van der Waals surface area contributed by atoms with Crippen LogP contribution in [0.15, 0.2) is 41.3 Å². The van der Waals surface area contributed by atoms with Gasteiger partial charge in [0.25, 0.3) is 15.7 Å². The second kappa shape index (κ2) is 5.40. The molecule has 21 heavy (non-hydrogen) atoms. The molecule has 2 rings (SSSR count). The zero-order valence-electron chi connectivity index (χ0n) is 10.2. The molecule has 2 aromatic rings. The monoisotopic (exact) mass is 315 g/mol. The van der Waals surface area contributed by atoms with E-state index in [1.807, 2.05) is 4.72 Å². The molecule has 1 heterocycles. The largest absolute Gasteiger partial charge is 0.275 e. The molecule has 0 saturated heterocycles. The molecule has 1 aromatic carbocycles. The molecule has 0 amide bonds. The van der Waals surface area contributed by atoms with Gasteiger partial charge in [-0.05, 0) is 24.3 Å². The molecular formula is C11H7F2N3O4S. The normalized spacial score (nSPS) is 11.1. The Bertz CT molecular complexity index is 794. The number of nitrogens with one attached hydrogen (secondary N) is 1. The number of anilines is 1. The van der Waals surface area contributed by atoms with Gasteiger partial charge in [0.2, 0.25) is 11.9 Å². The average Bonchev–Trinajstić information content (AvgIpc) is 2.42. The maximum atomic E-state index is 13.3. The molecule has 0 saturated carbocycles. The molecule has 0 unspecified atom stereocenters. The van der Waals surface area contributed by atoms with Crippen molar-refractivity contribution in [2.45, 2.75) is 4.90 Å². The average molecular weight is 315 g/mol. The molecule has 7 nitrogen and oxygen atoms in total. The summed E-state index contributed by atoms with van der Waals surface area (Å²) in [5, 5.41) is 10.5. The maximum absolute atomic E-state index is 13.3. The number of hydrogen-bond donors (Lipinski definition) is 1. The Balaban J connectivity index is 2.31. The van der Waals surface area contributed by atoms with E-state index in [9.17, 15) is 27.3 Å². The van der Waals surface area contributed by atoms with Crippen LogP contribution in [0.25, 0.3) is 0 Å². The lowest BCUT2D eigenvalue weighted by Gasteiger charge is -2.08. The first-order chi connectivity index (χ1) is 9.79. The first-order valence-electron chi connectivity index (χ1n) is 5.39. The van der Waals surface area contributed by atoms with Gasteiger partial charge in [-0.25, -0.2) is 8.42 Å². The molecule has 0 atom stereocenters. The minimum atomic E-state index is -4.17. The van der Waals surface area contributed by atoms with Crippen LogP contribution in [0.5, 0.6) is 0 Å². The smallest absolute Gasteiger partial charge is 0.269 e. The van der Waals surface area contributed by atoms with E-state index in [0.29, 0.717) is 0 Å². The number of pyridine rings is 1. The van der Waals surface area contributed by atoms with E-state index in [4.69, 9.17) is 0 Å². The van der Waals surface area contributed by atoms with Gasteiger partial charge in [0, 0.05) is 12.1 Å². The minimum Gasteiger partial charge on any atom is -0.275 e. The van der Waals surface area contributed by atoms with E-state index in [0.717, 1.165) is 36.4 Å². The number of non-ortho nitro benzene ring substituents is 1. The molecule has 0 aliphatic rings. The van der Waals surface area contributed by atoms with Crippen LogP contribution in [0.2, 0.25) is 0 Å². The van der Waals surface area contributed by atoms with Crippen molar-refractivity contribution >= 4 is 21.4 Å². The van der Waals surface area contributed by atoms with Crippen LogP contribution >= 0.6 is 0 Å². The number of aromatic nitrogens is 1. The van der Waals surface area contributed by atoms with Crippen molar-refractivity contribution in [3.8, 4) is 0 Å². The number of hydrogen-bond acceptors (Lipinski definition) is 5. The van der Waals surface area contributed by atoms with E-state index in [1.165, 1.54) is 0 Å². The molecule has 110 valence electrons. The summed E-state index contributed by atoms with van der Waals surface area (Å²) in [5.41, 5.74) is -0.821. The van der Waals surface area contributed by atoms with Gasteiger partial charge in [-0.2, -0.15) is 13.8 Å². The number of halogens is 2. The van der Waals surface area contributed by atoms with Crippen molar-refractivity contribution in [3.05, 3.63) is 58.4 Å². The molecule has 1 N–H and O–H groups in total. The fourth-order valence-corrected chi connectivity index (χ4v) is 2.49. The van der Waals surface area contributed by atoms with Crippen molar-refractivity contribution in [1.29, 1.82) is 0 Å². The lowest BCUT2D eigenvalue weighted by atomic mass is 10.3. The fourth-order valence-electron chi connectivity index (χ4n) is 1.44. The van der Waals surface area contributed by atoms with Crippen LogP contribution in [-0.2, 0) is 10.0 Å². The van der Waals surface area contributed by atoms with E-state index in [-0.39, 0.29) is 10.6 Å². The van der Waals surface area contributed by atoms with Gasteiger partial charge in [0.1, 0.15) is 5.69 Å². The summed E-state index contributed by atoms with van der Waals surface area (Å²) in [4.78, 5) is 12.3. The Hall–Kier alpha value is -2.62. The van der Waals surface area contributed by atoms with Crippen molar-refractivity contribution in [3.63, 3.8) is 0 Å². The third-order valence-corrected chi connectivity index (χ3v) is 3.80. The summed E-state index contributed by atoms with van der Waals surface area (Å²) in [7, 11) is -4.17. The fraction of sp³-hybridized carbons (Fsp3) is 0. The molecule has 0 aliphatic carbocycles. The maximum Gasteiger partial charge on any atom is 0.269 e. The topological polar surface area (TPSA) is 102 Å². The summed E-state index contributed by atoms with van der Waals surface area (Å²) < 4.78 is 51.7. The SMILES string of the molecule is O=[N+]([O-])c1ccc(S(=O)(=O)Nc2ccc(F)nc2F)cc1. The van der Waals surface area contributed by atoms with Gasteiger partial charge in [-0.1, -0.05) is 0 Å². The number of rotatable bonds is 4. The van der Waals surface area contributed by atoms with Gasteiger partial charge >= 0.3 is 0 Å². The van der Waals surface area contributed by atoms with Crippen LogP contribution < -0.4 is 4.72 Å². The van der Waals surface area contributed by atoms with Crippen molar-refractivity contribution in [2.75, 3.05) is 4.72 Å². The van der Waals surface area contributed by atoms with Crippen LogP contribution in [0.1, 0.15) is 0 Å². The van der Waals surface area contributed by atoms with Crippen LogP contribution in [0.3, 0.4) is 0 Å². The number of sulfonamides is 1. The molecule has 0 aliphatic heterocycles. The van der Waals surface area contributed by atoms with Gasteiger partial charge in [-0.15, -0.1) is 0 Å². The lowest BCUT2D eigenvalue weighted by Crippen LogP contribution is -2.14. The predicted octanol–water partition coefficient (Wildman–Crippen LogP) is 2.07. The summed E-state index contributed by atoms with van der Waals surface area (Å²) in [5.74, 6) is -2.41. The molecule has 0 spiro atoms. The van der Waals surface area contributed by atoms with Gasteiger partial charge in [0.15, 0.2) is 0 Å². The third kappa shape index (κ3) is 3.28. The van der Waals surface area contributed by atoms with Crippen molar-refractivity contribution in [2.24, 2.45) is 0 Å². The zero-order valence-corrected chi connectivity index (χ0v) is 11.0. The first-order valence-corrected chi connectivity index (χ1v) is 6.87. The first kappa shape index (κ1) is 14.8. The number of benzene rings is 1. The molecular weight excluding hydrogens is 308 g/mol. The standard InChI is InChI=1S/C11H7F2N3O4S/c12-10-6-5-9(11(13)14-10)15-21(19,20)8-3-1-7(2-4-8)16(17)18/h1-6,15H. The Morgan fingerprint density at radius 2 is 1.71 bits per heavy atom. The highest BCUT2D eigenvalue weighted by molar-refractivity contribution is 7.92. The molecule has 1 aromatic heterocycles. The van der Waals surface area contributed by atoms with Crippen LogP contribution in [-0.4, -0.2) is 18.3 Å². The minimum absolute atomic E-state index is 0.288. The second-order valence-corrected chi connectivity index (χ2v) is 5.51. The Labute approximate surface area is 117 Å². The van der Waals surface area contributed by atoms with E-state index in [2.05, 4.69) is 4.98 Å². The van der Waals surface area contributed by atoms with Crippen LogP contribution in [0.4, 0.5) is 20.2 Å². The van der Waals surface area contributed by atoms with E-state index >= 15 is 0 Å². The molecule has 0 bridgehead atoms. The molecule has 0 radical (unpaired) electrons. The predicted molar refractivity (Wildman–Crippen MR) is 68.1 cm³/mol. The quantitative estimate of drug-likeness (QED) is 0.528. The van der Waals surface area contributed by atoms with Crippen molar-refractivity contribution in [1.82, 2.24) is 4.98 Å². The zero-order chi connectivity index (χ0) is 15.6.